The summed E-state index contributed by atoms with van der Waals surface area (Å²) in [5, 5.41) is 20.4. The fourth-order valence-electron chi connectivity index (χ4n) is 4.87. The van der Waals surface area contributed by atoms with Gasteiger partial charge in [-0.2, -0.15) is 0 Å². The fraction of sp³-hybridized carbons (Fsp3) is 0.481. The van der Waals surface area contributed by atoms with Crippen molar-refractivity contribution in [1.82, 2.24) is 16.0 Å². The zero-order chi connectivity index (χ0) is 23.9. The Kier molecular flexibility index (Phi) is 8.19. The summed E-state index contributed by atoms with van der Waals surface area (Å²) in [5.74, 6) is 0.0816. The largest absolute Gasteiger partial charge is 0.493 e. The zero-order valence-corrected chi connectivity index (χ0v) is 19.8. The third kappa shape index (κ3) is 5.77. The van der Waals surface area contributed by atoms with Crippen molar-refractivity contribution < 1.29 is 19.4 Å². The van der Waals surface area contributed by atoms with Gasteiger partial charge in [0.1, 0.15) is 5.75 Å². The van der Waals surface area contributed by atoms with Gasteiger partial charge in [0, 0.05) is 29.3 Å². The summed E-state index contributed by atoms with van der Waals surface area (Å²) < 4.78 is 5.92. The number of ether oxygens (including phenoxy) is 1. The van der Waals surface area contributed by atoms with Crippen LogP contribution >= 0.6 is 0 Å². The fourth-order valence-corrected chi connectivity index (χ4v) is 4.87. The lowest BCUT2D eigenvalue weighted by Gasteiger charge is -2.29. The lowest BCUT2D eigenvalue weighted by molar-refractivity contribution is 0.0737. The van der Waals surface area contributed by atoms with Crippen LogP contribution in [0.15, 0.2) is 42.5 Å². The molecule has 0 spiro atoms. The molecule has 2 aliphatic heterocycles. The maximum absolute atomic E-state index is 13.4. The van der Waals surface area contributed by atoms with E-state index in [1.807, 2.05) is 37.3 Å². The van der Waals surface area contributed by atoms with Crippen LogP contribution in [0.25, 0.3) is 0 Å². The van der Waals surface area contributed by atoms with Crippen molar-refractivity contribution in [2.24, 2.45) is 0 Å². The molecule has 1 fully saturated rings. The summed E-state index contributed by atoms with van der Waals surface area (Å²) >= 11 is 0. The summed E-state index contributed by atoms with van der Waals surface area (Å²) in [4.78, 5) is 26.2. The van der Waals surface area contributed by atoms with Crippen LogP contribution in [0.4, 0.5) is 0 Å². The lowest BCUT2D eigenvalue weighted by Crippen LogP contribution is -2.52. The van der Waals surface area contributed by atoms with Gasteiger partial charge in [0.25, 0.3) is 11.8 Å². The van der Waals surface area contributed by atoms with E-state index in [1.165, 1.54) is 0 Å². The van der Waals surface area contributed by atoms with Gasteiger partial charge >= 0.3 is 0 Å². The molecule has 2 aliphatic rings. The number of carbonyl (C=O) groups excluding carboxylic acids is 2. The third-order valence-corrected chi connectivity index (χ3v) is 6.67. The first-order valence-electron chi connectivity index (χ1n) is 12.4. The van der Waals surface area contributed by atoms with Crippen molar-refractivity contribution >= 4 is 11.8 Å². The van der Waals surface area contributed by atoms with Gasteiger partial charge in [-0.25, -0.2) is 0 Å². The second-order valence-electron chi connectivity index (χ2n) is 9.13. The Bertz CT molecular complexity index is 989. The third-order valence-electron chi connectivity index (χ3n) is 6.67. The average Bonchev–Trinajstić information content (AvgIpc) is 3.28. The van der Waals surface area contributed by atoms with Crippen molar-refractivity contribution in [3.63, 3.8) is 0 Å². The van der Waals surface area contributed by atoms with E-state index in [9.17, 15) is 14.7 Å². The van der Waals surface area contributed by atoms with E-state index in [1.54, 1.807) is 12.1 Å². The first-order valence-corrected chi connectivity index (χ1v) is 12.4. The Morgan fingerprint density at radius 3 is 2.71 bits per heavy atom. The molecule has 1 saturated heterocycles. The van der Waals surface area contributed by atoms with E-state index >= 15 is 0 Å². The molecule has 2 heterocycles. The number of rotatable bonds is 8. The summed E-state index contributed by atoms with van der Waals surface area (Å²) in [6, 6.07) is 12.7. The predicted octanol–water partition coefficient (Wildman–Crippen LogP) is 2.61. The molecule has 2 aromatic rings. The second-order valence-corrected chi connectivity index (χ2v) is 9.13. The number of aliphatic hydroxyl groups excluding tert-OH is 1. The number of aliphatic hydroxyl groups is 1. The highest BCUT2D eigenvalue weighted by Crippen LogP contribution is 2.30. The molecule has 3 unspecified atom stereocenters. The topological polar surface area (TPSA) is 99.7 Å². The minimum absolute atomic E-state index is 0.0599. The normalized spacial score (nSPS) is 19.3. The van der Waals surface area contributed by atoms with Crippen molar-refractivity contribution in [3.05, 3.63) is 64.7 Å². The molecular weight excluding hydrogens is 430 g/mol. The maximum Gasteiger partial charge on any atom is 0.251 e. The van der Waals surface area contributed by atoms with Crippen LogP contribution in [-0.4, -0.2) is 54.8 Å². The van der Waals surface area contributed by atoms with Gasteiger partial charge in [-0.05, 0) is 69.7 Å². The molecule has 7 heteroatoms. The number of fused-ring (bicyclic) bond motifs is 1. The van der Waals surface area contributed by atoms with Crippen molar-refractivity contribution in [2.45, 2.75) is 63.6 Å². The number of hydrogen-bond acceptors (Lipinski definition) is 5. The number of hydrogen-bond donors (Lipinski definition) is 4. The number of benzene rings is 2. The van der Waals surface area contributed by atoms with Crippen LogP contribution in [0, 0.1) is 0 Å². The lowest BCUT2D eigenvalue weighted by atomic mass is 9.94. The van der Waals surface area contributed by atoms with Crippen LogP contribution in [0.2, 0.25) is 0 Å². The van der Waals surface area contributed by atoms with E-state index in [2.05, 4.69) is 16.0 Å². The maximum atomic E-state index is 13.4. The minimum atomic E-state index is -0.730. The van der Waals surface area contributed by atoms with E-state index in [4.69, 9.17) is 4.74 Å². The monoisotopic (exact) mass is 465 g/mol. The zero-order valence-electron chi connectivity index (χ0n) is 19.8. The summed E-state index contributed by atoms with van der Waals surface area (Å²) in [5.41, 5.74) is 2.75. The van der Waals surface area contributed by atoms with Gasteiger partial charge < -0.3 is 25.8 Å². The van der Waals surface area contributed by atoms with Crippen LogP contribution in [0.1, 0.15) is 64.4 Å². The molecule has 0 aliphatic carbocycles. The smallest absolute Gasteiger partial charge is 0.251 e. The highest BCUT2D eigenvalue weighted by molar-refractivity contribution is 6.01. The van der Waals surface area contributed by atoms with Gasteiger partial charge in [0.15, 0.2) is 0 Å². The van der Waals surface area contributed by atoms with Gasteiger partial charge in [-0.15, -0.1) is 0 Å². The molecule has 0 saturated carbocycles. The summed E-state index contributed by atoms with van der Waals surface area (Å²) in [6.07, 6.45) is 4.24. The SMILES string of the molecule is CCNC(=O)c1cc(C(=O)NC(Cc2ccccc2)C(O)C2CCCN2)cc2c1CCCCO2. The quantitative estimate of drug-likeness (QED) is 0.480. The number of amides is 2. The highest BCUT2D eigenvalue weighted by atomic mass is 16.5. The van der Waals surface area contributed by atoms with Crippen molar-refractivity contribution in [2.75, 3.05) is 19.7 Å². The van der Waals surface area contributed by atoms with Crippen LogP contribution < -0.4 is 20.7 Å². The summed E-state index contributed by atoms with van der Waals surface area (Å²) in [6.45, 7) is 3.81. The minimum Gasteiger partial charge on any atom is -0.493 e. The molecule has 34 heavy (non-hydrogen) atoms. The van der Waals surface area contributed by atoms with E-state index in [0.717, 1.165) is 49.8 Å². The molecule has 2 aromatic carbocycles. The Balaban J connectivity index is 1.61. The Labute approximate surface area is 201 Å². The molecule has 2 amide bonds. The number of carbonyl (C=O) groups is 2. The highest BCUT2D eigenvalue weighted by Gasteiger charge is 2.32. The standard InChI is InChI=1S/C27H35N3O4/c1-2-28-27(33)21-16-19(17-24-20(21)11-6-7-14-34-24)26(32)30-23(15-18-9-4-3-5-10-18)25(31)22-12-8-13-29-22/h3-5,9-10,16-17,22-23,25,29,31H,2,6-8,11-15H2,1H3,(H,28,33)(H,30,32). The van der Waals surface area contributed by atoms with Gasteiger partial charge in [0.05, 0.1) is 18.8 Å². The van der Waals surface area contributed by atoms with Crippen molar-refractivity contribution in [3.8, 4) is 5.75 Å². The van der Waals surface area contributed by atoms with Crippen LogP contribution in [0.5, 0.6) is 5.75 Å². The molecule has 7 nitrogen and oxygen atoms in total. The van der Waals surface area contributed by atoms with Gasteiger partial charge in [-0.1, -0.05) is 30.3 Å². The second kappa shape index (κ2) is 11.5. The molecule has 0 bridgehead atoms. The van der Waals surface area contributed by atoms with E-state index in [-0.39, 0.29) is 17.9 Å². The number of nitrogens with one attached hydrogen (secondary N) is 3. The molecule has 3 atom stereocenters. The van der Waals surface area contributed by atoms with Crippen molar-refractivity contribution in [1.29, 1.82) is 0 Å². The molecule has 4 rings (SSSR count). The van der Waals surface area contributed by atoms with Gasteiger partial charge in [-0.3, -0.25) is 9.59 Å². The first kappa shape index (κ1) is 24.2. The first-order chi connectivity index (χ1) is 16.6. The molecule has 182 valence electrons. The Morgan fingerprint density at radius 2 is 1.97 bits per heavy atom. The Morgan fingerprint density at radius 1 is 1.15 bits per heavy atom. The average molecular weight is 466 g/mol. The molecule has 4 N–H and O–H groups in total. The predicted molar refractivity (Wildman–Crippen MR) is 131 cm³/mol. The molecular formula is C27H35N3O4. The molecule has 0 radical (unpaired) electrons. The Hall–Kier alpha value is -2.90. The van der Waals surface area contributed by atoms with Crippen LogP contribution in [0.3, 0.4) is 0 Å². The van der Waals surface area contributed by atoms with Crippen LogP contribution in [-0.2, 0) is 12.8 Å². The van der Waals surface area contributed by atoms with E-state index in [0.29, 0.717) is 36.4 Å². The van der Waals surface area contributed by atoms with Gasteiger partial charge in [0.2, 0.25) is 0 Å². The molecule has 0 aromatic heterocycles. The summed E-state index contributed by atoms with van der Waals surface area (Å²) in [7, 11) is 0. The van der Waals surface area contributed by atoms with E-state index < -0.39 is 12.1 Å².